The van der Waals surface area contributed by atoms with Crippen molar-refractivity contribution in [2.75, 3.05) is 10.0 Å². The van der Waals surface area contributed by atoms with Crippen molar-refractivity contribution in [3.63, 3.8) is 0 Å². The Morgan fingerprint density at radius 2 is 2.14 bits per heavy atom. The molecule has 28 heavy (non-hydrogen) atoms. The van der Waals surface area contributed by atoms with Gasteiger partial charge in [0.25, 0.3) is 10.0 Å². The molecule has 2 aliphatic rings. The largest absolute Gasteiger partial charge is 0.446 e. The van der Waals surface area contributed by atoms with E-state index >= 15 is 0 Å². The van der Waals surface area contributed by atoms with Gasteiger partial charge in [0.15, 0.2) is 11.6 Å². The van der Waals surface area contributed by atoms with Crippen molar-refractivity contribution in [3.05, 3.63) is 24.0 Å². The van der Waals surface area contributed by atoms with E-state index in [4.69, 9.17) is 4.74 Å². The van der Waals surface area contributed by atoms with Gasteiger partial charge in [-0.15, -0.1) is 0 Å². The third kappa shape index (κ3) is 3.75. The fourth-order valence-corrected chi connectivity index (χ4v) is 4.45. The Kier molecular flexibility index (Phi) is 4.61. The number of hydrogen-bond acceptors (Lipinski definition) is 7. The number of sulfonamides is 1. The topological polar surface area (TPSA) is 138 Å². The third-order valence-electron chi connectivity index (χ3n) is 4.75. The Balaban J connectivity index is 1.36. The first-order valence-electron chi connectivity index (χ1n) is 9.12. The van der Waals surface area contributed by atoms with Crippen molar-refractivity contribution in [2.45, 2.75) is 56.1 Å². The molecule has 0 unspecified atom stereocenters. The van der Waals surface area contributed by atoms with Crippen LogP contribution in [-0.4, -0.2) is 41.8 Å². The molecule has 0 aromatic carbocycles. The molecule has 2 atom stereocenters. The summed E-state index contributed by atoms with van der Waals surface area (Å²) in [6.45, 7) is 3.77. The first-order valence-corrected chi connectivity index (χ1v) is 10.6. The molecule has 1 fully saturated rings. The molecule has 1 aliphatic carbocycles. The zero-order valence-electron chi connectivity index (χ0n) is 15.5. The molecule has 2 aromatic heterocycles. The lowest BCUT2D eigenvalue weighted by atomic mass is 10.0. The zero-order valence-corrected chi connectivity index (χ0v) is 16.3. The summed E-state index contributed by atoms with van der Waals surface area (Å²) in [4.78, 5) is 16.0. The highest BCUT2D eigenvalue weighted by Gasteiger charge is 2.32. The van der Waals surface area contributed by atoms with E-state index in [0.717, 1.165) is 25.0 Å². The van der Waals surface area contributed by atoms with E-state index in [1.807, 2.05) is 19.9 Å². The van der Waals surface area contributed by atoms with Gasteiger partial charge in [-0.05, 0) is 39.2 Å². The van der Waals surface area contributed by atoms with Crippen LogP contribution in [0.4, 0.5) is 22.1 Å². The summed E-state index contributed by atoms with van der Waals surface area (Å²) in [6, 6.07) is 3.45. The third-order valence-corrected chi connectivity index (χ3v) is 6.10. The normalized spacial score (nSPS) is 22.1. The van der Waals surface area contributed by atoms with Crippen LogP contribution in [0.15, 0.2) is 23.2 Å². The van der Waals surface area contributed by atoms with Gasteiger partial charge in [-0.25, -0.2) is 18.2 Å². The van der Waals surface area contributed by atoms with E-state index in [1.54, 1.807) is 6.20 Å². The highest BCUT2D eigenvalue weighted by molar-refractivity contribution is 7.94. The predicted molar refractivity (Wildman–Crippen MR) is 102 cm³/mol. The SMILES string of the molecule is CC(C)NC(=O)O[C@@H]1CC[C@H](c2cc(Nc3cnc4c(c3)S(=O)(=O)N4)n[nH]2)C1. The number of amides is 1. The van der Waals surface area contributed by atoms with Crippen LogP contribution in [0.1, 0.15) is 44.7 Å². The van der Waals surface area contributed by atoms with Crippen LogP contribution in [0.5, 0.6) is 0 Å². The second-order valence-electron chi connectivity index (χ2n) is 7.35. The van der Waals surface area contributed by atoms with Crippen LogP contribution in [0.3, 0.4) is 0 Å². The van der Waals surface area contributed by atoms with Crippen LogP contribution >= 0.6 is 0 Å². The van der Waals surface area contributed by atoms with E-state index in [2.05, 4.69) is 30.5 Å². The fraction of sp³-hybridized carbons (Fsp3) is 0.471. The van der Waals surface area contributed by atoms with E-state index in [1.165, 1.54) is 6.07 Å². The molecular weight excluding hydrogens is 384 g/mol. The average molecular weight is 406 g/mol. The Hall–Kier alpha value is -2.82. The number of ether oxygens (including phenoxy) is 1. The zero-order chi connectivity index (χ0) is 19.9. The minimum atomic E-state index is -3.41. The standard InChI is InChI=1S/C17H22N6O4S/c1-9(2)19-17(24)27-12-4-3-10(5-12)13-7-15(22-21-13)20-11-6-14-16(18-8-11)23-28(14,25)26/h6-10,12H,3-5H2,1-2H3,(H,18,23)(H,19,24)(H2,20,21,22)/t10-,12+/m0/s1. The lowest BCUT2D eigenvalue weighted by Crippen LogP contribution is -2.33. The van der Waals surface area contributed by atoms with Gasteiger partial charge in [-0.2, -0.15) is 5.10 Å². The van der Waals surface area contributed by atoms with E-state index in [-0.39, 0.29) is 29.1 Å². The maximum Gasteiger partial charge on any atom is 0.407 e. The summed E-state index contributed by atoms with van der Waals surface area (Å²) in [5.41, 5.74) is 1.49. The molecule has 10 nitrogen and oxygen atoms in total. The molecule has 4 rings (SSSR count). The van der Waals surface area contributed by atoms with Crippen LogP contribution in [0.25, 0.3) is 0 Å². The van der Waals surface area contributed by atoms with Crippen molar-refractivity contribution in [3.8, 4) is 0 Å². The number of carbonyl (C=O) groups excluding carboxylic acids is 1. The molecule has 4 N–H and O–H groups in total. The number of aromatic amines is 1. The predicted octanol–water partition coefficient (Wildman–Crippen LogP) is 2.43. The maximum absolute atomic E-state index is 11.7. The van der Waals surface area contributed by atoms with E-state index < -0.39 is 10.0 Å². The number of anilines is 3. The van der Waals surface area contributed by atoms with Crippen molar-refractivity contribution in [1.29, 1.82) is 0 Å². The number of alkyl carbamates (subject to hydrolysis) is 1. The molecule has 1 aliphatic heterocycles. The van der Waals surface area contributed by atoms with E-state index in [0.29, 0.717) is 17.3 Å². The molecule has 1 saturated carbocycles. The lowest BCUT2D eigenvalue weighted by Gasteiger charge is -2.20. The van der Waals surface area contributed by atoms with Crippen LogP contribution in [0.2, 0.25) is 0 Å². The molecule has 0 spiro atoms. The number of aromatic nitrogens is 3. The number of fused-ring (bicyclic) bond motifs is 1. The summed E-state index contributed by atoms with van der Waals surface area (Å²) in [7, 11) is -3.41. The molecular formula is C17H22N6O4S. The summed E-state index contributed by atoms with van der Waals surface area (Å²) in [5.74, 6) is 1.15. The Morgan fingerprint density at radius 1 is 1.32 bits per heavy atom. The minimum Gasteiger partial charge on any atom is -0.446 e. The molecule has 2 aromatic rings. The van der Waals surface area contributed by atoms with Gasteiger partial charge in [0.1, 0.15) is 11.0 Å². The van der Waals surface area contributed by atoms with Crippen molar-refractivity contribution in [2.24, 2.45) is 0 Å². The van der Waals surface area contributed by atoms with Gasteiger partial charge in [-0.3, -0.25) is 9.82 Å². The Bertz CT molecular complexity index is 1000. The first kappa shape index (κ1) is 18.5. The molecule has 0 bridgehead atoms. The quantitative estimate of drug-likeness (QED) is 0.598. The smallest absolute Gasteiger partial charge is 0.407 e. The number of H-pyrrole nitrogens is 1. The van der Waals surface area contributed by atoms with Gasteiger partial charge in [0, 0.05) is 23.7 Å². The molecule has 150 valence electrons. The molecule has 0 radical (unpaired) electrons. The number of pyridine rings is 1. The van der Waals surface area contributed by atoms with Gasteiger partial charge >= 0.3 is 6.09 Å². The van der Waals surface area contributed by atoms with Crippen LogP contribution in [-0.2, 0) is 14.8 Å². The molecule has 0 saturated heterocycles. The van der Waals surface area contributed by atoms with Crippen molar-refractivity contribution >= 4 is 33.4 Å². The fourth-order valence-electron chi connectivity index (χ4n) is 3.44. The summed E-state index contributed by atoms with van der Waals surface area (Å²) >= 11 is 0. The first-order chi connectivity index (χ1) is 13.3. The number of nitrogens with one attached hydrogen (secondary N) is 4. The molecule has 3 heterocycles. The summed E-state index contributed by atoms with van der Waals surface area (Å²) in [5, 5.41) is 13.0. The number of hydrogen-bond donors (Lipinski definition) is 4. The summed E-state index contributed by atoms with van der Waals surface area (Å²) < 4.78 is 31.0. The molecule has 1 amide bonds. The highest BCUT2D eigenvalue weighted by atomic mass is 32.2. The Labute approximate surface area is 162 Å². The lowest BCUT2D eigenvalue weighted by molar-refractivity contribution is 0.0981. The van der Waals surface area contributed by atoms with Gasteiger partial charge in [0.2, 0.25) is 0 Å². The van der Waals surface area contributed by atoms with Crippen molar-refractivity contribution < 1.29 is 17.9 Å². The monoisotopic (exact) mass is 406 g/mol. The second-order valence-corrected chi connectivity index (χ2v) is 9.00. The van der Waals surface area contributed by atoms with Gasteiger partial charge in [0.05, 0.1) is 11.9 Å². The van der Waals surface area contributed by atoms with Gasteiger partial charge < -0.3 is 15.4 Å². The second kappa shape index (κ2) is 6.97. The number of carbonyl (C=O) groups is 1. The van der Waals surface area contributed by atoms with Crippen molar-refractivity contribution in [1.82, 2.24) is 20.5 Å². The number of nitrogens with zero attached hydrogens (tertiary/aromatic N) is 2. The summed E-state index contributed by atoms with van der Waals surface area (Å²) in [6.07, 6.45) is 3.48. The molecule has 11 heteroatoms. The number of rotatable bonds is 5. The van der Waals surface area contributed by atoms with E-state index in [9.17, 15) is 13.2 Å². The average Bonchev–Trinajstić information content (AvgIpc) is 3.24. The maximum atomic E-state index is 11.7. The minimum absolute atomic E-state index is 0.0427. The highest BCUT2D eigenvalue weighted by Crippen LogP contribution is 2.37. The van der Waals surface area contributed by atoms with Gasteiger partial charge in [-0.1, -0.05) is 0 Å². The van der Waals surface area contributed by atoms with Crippen LogP contribution in [0, 0.1) is 0 Å². The van der Waals surface area contributed by atoms with Crippen LogP contribution < -0.4 is 15.4 Å². The Morgan fingerprint density at radius 3 is 2.89 bits per heavy atom.